The fourth-order valence-corrected chi connectivity index (χ4v) is 2.22. The van der Waals surface area contributed by atoms with E-state index in [0.717, 1.165) is 18.4 Å². The van der Waals surface area contributed by atoms with Crippen molar-refractivity contribution in [2.24, 2.45) is 0 Å². The van der Waals surface area contributed by atoms with Gasteiger partial charge in [0.1, 0.15) is 6.17 Å². The van der Waals surface area contributed by atoms with E-state index in [2.05, 4.69) is 25.6 Å². The number of rotatable bonds is 5. The van der Waals surface area contributed by atoms with Crippen LogP contribution in [-0.4, -0.2) is 33.2 Å². The molecule has 0 radical (unpaired) electrons. The van der Waals surface area contributed by atoms with Gasteiger partial charge in [-0.25, -0.2) is 4.39 Å². The first kappa shape index (κ1) is 15.7. The highest BCUT2D eigenvalue weighted by atomic mass is 19.1. The fraction of sp³-hybridized carbons (Fsp3) is 0.667. The molecule has 116 valence electrons. The Morgan fingerprint density at radius 1 is 1.05 bits per heavy atom. The summed E-state index contributed by atoms with van der Waals surface area (Å²) in [6.45, 7) is 8.10. The zero-order valence-corrected chi connectivity index (χ0v) is 13.2. The van der Waals surface area contributed by atoms with Gasteiger partial charge in [0.25, 0.3) is 0 Å². The number of nitrogens with one attached hydrogen (secondary N) is 2. The molecule has 0 aliphatic heterocycles. The monoisotopic (exact) mass is 293 g/mol. The van der Waals surface area contributed by atoms with Crippen molar-refractivity contribution in [1.29, 1.82) is 0 Å². The van der Waals surface area contributed by atoms with Gasteiger partial charge in [0, 0.05) is 12.1 Å². The van der Waals surface area contributed by atoms with Crippen LogP contribution in [0.4, 0.5) is 16.3 Å². The lowest BCUT2D eigenvalue weighted by Gasteiger charge is -2.17. The zero-order valence-electron chi connectivity index (χ0n) is 13.2. The van der Waals surface area contributed by atoms with Crippen molar-refractivity contribution >= 4 is 17.5 Å². The van der Waals surface area contributed by atoms with Crippen LogP contribution in [0.2, 0.25) is 0 Å². The van der Waals surface area contributed by atoms with Gasteiger partial charge in [0.2, 0.25) is 11.9 Å². The summed E-state index contributed by atoms with van der Waals surface area (Å²) in [5, 5.41) is 6.37. The third kappa shape index (κ3) is 4.65. The second-order valence-corrected chi connectivity index (χ2v) is 6.00. The minimum Gasteiger partial charge on any atom is -0.352 e. The number of alkyl halides is 1. The first-order chi connectivity index (χ1) is 9.94. The summed E-state index contributed by atoms with van der Waals surface area (Å²) in [6, 6.07) is 0.447. The predicted octanol–water partition coefficient (Wildman–Crippen LogP) is 3.42. The van der Waals surface area contributed by atoms with Gasteiger partial charge in [-0.05, 0) is 58.6 Å². The quantitative estimate of drug-likeness (QED) is 0.871. The molecule has 6 heteroatoms. The predicted molar refractivity (Wildman–Crippen MR) is 84.1 cm³/mol. The van der Waals surface area contributed by atoms with Crippen LogP contribution in [-0.2, 0) is 0 Å². The molecule has 2 N–H and O–H groups in total. The van der Waals surface area contributed by atoms with Crippen molar-refractivity contribution in [1.82, 2.24) is 15.0 Å². The molecule has 0 saturated carbocycles. The maximum Gasteiger partial charge on any atom is 0.228 e. The Hall–Kier alpha value is -1.72. The fourth-order valence-electron chi connectivity index (χ4n) is 2.22. The van der Waals surface area contributed by atoms with Gasteiger partial charge in [0.15, 0.2) is 5.82 Å². The van der Waals surface area contributed by atoms with E-state index in [1.54, 1.807) is 6.08 Å². The van der Waals surface area contributed by atoms with Gasteiger partial charge in [-0.15, -0.1) is 0 Å². The minimum absolute atomic E-state index is 0.224. The molecule has 0 saturated heterocycles. The molecule has 1 aromatic heterocycles. The van der Waals surface area contributed by atoms with Crippen molar-refractivity contribution in [3.05, 3.63) is 11.9 Å². The SMILES string of the molecule is CC(C)Nc1nc(NC(C)C)nc(C2=CC(F)CCC2)n1. The first-order valence-electron chi connectivity index (χ1n) is 7.58. The lowest BCUT2D eigenvalue weighted by Crippen LogP contribution is -2.19. The van der Waals surface area contributed by atoms with Gasteiger partial charge in [-0.3, -0.25) is 0 Å². The average molecular weight is 293 g/mol. The molecule has 21 heavy (non-hydrogen) atoms. The van der Waals surface area contributed by atoms with Gasteiger partial charge in [0.05, 0.1) is 0 Å². The summed E-state index contributed by atoms with van der Waals surface area (Å²) in [5.74, 6) is 1.62. The van der Waals surface area contributed by atoms with Gasteiger partial charge >= 0.3 is 0 Å². The summed E-state index contributed by atoms with van der Waals surface area (Å²) in [5.41, 5.74) is 0.870. The Balaban J connectivity index is 2.34. The van der Waals surface area contributed by atoms with Gasteiger partial charge in [-0.2, -0.15) is 15.0 Å². The zero-order chi connectivity index (χ0) is 15.4. The van der Waals surface area contributed by atoms with E-state index >= 15 is 0 Å². The Bertz CT molecular complexity index is 485. The largest absolute Gasteiger partial charge is 0.352 e. The molecule has 1 aromatic rings. The second-order valence-electron chi connectivity index (χ2n) is 6.00. The number of hydrogen-bond acceptors (Lipinski definition) is 5. The highest BCUT2D eigenvalue weighted by Gasteiger charge is 2.18. The van der Waals surface area contributed by atoms with E-state index < -0.39 is 6.17 Å². The van der Waals surface area contributed by atoms with E-state index in [9.17, 15) is 4.39 Å². The summed E-state index contributed by atoms with van der Waals surface area (Å²) in [7, 11) is 0. The maximum atomic E-state index is 13.6. The van der Waals surface area contributed by atoms with Crippen LogP contribution in [0.3, 0.4) is 0 Å². The van der Waals surface area contributed by atoms with E-state index in [-0.39, 0.29) is 12.1 Å². The van der Waals surface area contributed by atoms with E-state index in [1.807, 2.05) is 27.7 Å². The molecule has 1 aliphatic carbocycles. The Labute approximate surface area is 125 Å². The van der Waals surface area contributed by atoms with Crippen molar-refractivity contribution < 1.29 is 4.39 Å². The van der Waals surface area contributed by atoms with Crippen molar-refractivity contribution in [3.8, 4) is 0 Å². The third-order valence-corrected chi connectivity index (χ3v) is 3.07. The molecule has 0 spiro atoms. The molecular weight excluding hydrogens is 269 g/mol. The molecular formula is C15H24FN5. The van der Waals surface area contributed by atoms with Crippen molar-refractivity contribution in [3.63, 3.8) is 0 Å². The first-order valence-corrected chi connectivity index (χ1v) is 7.58. The molecule has 1 atom stereocenters. The number of allylic oxidation sites excluding steroid dienone is 2. The molecule has 2 rings (SSSR count). The van der Waals surface area contributed by atoms with Crippen LogP contribution in [0.1, 0.15) is 52.8 Å². The van der Waals surface area contributed by atoms with Crippen LogP contribution >= 0.6 is 0 Å². The van der Waals surface area contributed by atoms with Crippen LogP contribution in [0.5, 0.6) is 0 Å². The Morgan fingerprint density at radius 3 is 2.10 bits per heavy atom. The molecule has 1 aliphatic rings. The summed E-state index contributed by atoms with van der Waals surface area (Å²) in [4.78, 5) is 13.2. The molecule has 0 aromatic carbocycles. The standard InChI is InChI=1S/C15H24FN5/c1-9(2)17-14-19-13(11-6-5-7-12(16)8-11)20-15(21-14)18-10(3)4/h8-10,12H,5-7H2,1-4H3,(H2,17,18,19,20,21). The molecule has 0 amide bonds. The summed E-state index contributed by atoms with van der Waals surface area (Å²) in [6.07, 6.45) is 2.97. The summed E-state index contributed by atoms with van der Waals surface area (Å²) < 4.78 is 13.6. The molecule has 1 unspecified atom stereocenters. The van der Waals surface area contributed by atoms with Gasteiger partial charge in [-0.1, -0.05) is 0 Å². The molecule has 0 bridgehead atoms. The number of hydrogen-bond donors (Lipinski definition) is 2. The van der Waals surface area contributed by atoms with Crippen LogP contribution in [0.25, 0.3) is 5.57 Å². The molecule has 0 fully saturated rings. The second kappa shape index (κ2) is 6.83. The maximum absolute atomic E-state index is 13.6. The molecule has 1 heterocycles. The molecule has 5 nitrogen and oxygen atoms in total. The lowest BCUT2D eigenvalue weighted by molar-refractivity contribution is 0.364. The van der Waals surface area contributed by atoms with Crippen LogP contribution < -0.4 is 10.6 Å². The number of anilines is 2. The van der Waals surface area contributed by atoms with Crippen molar-refractivity contribution in [2.75, 3.05) is 10.6 Å². The average Bonchev–Trinajstić information content (AvgIpc) is 2.36. The lowest BCUT2D eigenvalue weighted by atomic mass is 9.98. The highest BCUT2D eigenvalue weighted by Crippen LogP contribution is 2.27. The minimum atomic E-state index is -0.895. The number of nitrogens with zero attached hydrogens (tertiary/aromatic N) is 3. The number of aromatic nitrogens is 3. The van der Waals surface area contributed by atoms with Crippen LogP contribution in [0, 0.1) is 0 Å². The normalized spacial score (nSPS) is 18.8. The van der Waals surface area contributed by atoms with E-state index in [4.69, 9.17) is 0 Å². The highest BCUT2D eigenvalue weighted by molar-refractivity contribution is 5.63. The van der Waals surface area contributed by atoms with Gasteiger partial charge < -0.3 is 10.6 Å². The smallest absolute Gasteiger partial charge is 0.228 e. The number of halogens is 1. The van der Waals surface area contributed by atoms with E-state index in [1.165, 1.54) is 0 Å². The Morgan fingerprint density at radius 2 is 1.62 bits per heavy atom. The third-order valence-electron chi connectivity index (χ3n) is 3.07. The van der Waals surface area contributed by atoms with Crippen LogP contribution in [0.15, 0.2) is 6.08 Å². The topological polar surface area (TPSA) is 62.7 Å². The Kier molecular flexibility index (Phi) is 5.09. The van der Waals surface area contributed by atoms with Crippen molar-refractivity contribution in [2.45, 2.75) is 65.2 Å². The van der Waals surface area contributed by atoms with E-state index in [0.29, 0.717) is 24.1 Å². The summed E-state index contributed by atoms with van der Waals surface area (Å²) >= 11 is 0.